The van der Waals surface area contributed by atoms with Crippen molar-refractivity contribution in [1.82, 2.24) is 20.4 Å². The minimum atomic E-state index is -0.490. The normalized spacial score (nSPS) is 29.8. The van der Waals surface area contributed by atoms with Crippen LogP contribution < -0.4 is 10.6 Å². The van der Waals surface area contributed by atoms with E-state index in [0.717, 1.165) is 41.1 Å². The van der Waals surface area contributed by atoms with Crippen molar-refractivity contribution in [1.29, 1.82) is 0 Å². The lowest BCUT2D eigenvalue weighted by Crippen LogP contribution is -2.45. The minimum absolute atomic E-state index is 0.163. The van der Waals surface area contributed by atoms with E-state index in [-0.39, 0.29) is 12.3 Å². The van der Waals surface area contributed by atoms with Gasteiger partial charge < -0.3 is 20.1 Å². The fourth-order valence-electron chi connectivity index (χ4n) is 4.95. The Morgan fingerprint density at radius 3 is 2.83 bits per heavy atom. The van der Waals surface area contributed by atoms with Gasteiger partial charge in [0, 0.05) is 29.9 Å². The molecule has 1 aromatic carbocycles. The lowest BCUT2D eigenvalue weighted by Gasteiger charge is -2.34. The molecule has 1 aromatic heterocycles. The van der Waals surface area contributed by atoms with Crippen molar-refractivity contribution >= 4 is 5.57 Å². The fourth-order valence-corrected chi connectivity index (χ4v) is 4.95. The number of fused-ring (bicyclic) bond motifs is 4. The molecule has 6 rings (SSSR count). The molecule has 6 nitrogen and oxygen atoms in total. The van der Waals surface area contributed by atoms with Crippen molar-refractivity contribution in [3.8, 4) is 5.69 Å². The van der Waals surface area contributed by atoms with Gasteiger partial charge in [0.25, 0.3) is 0 Å². The quantitative estimate of drug-likeness (QED) is 0.838. The summed E-state index contributed by atoms with van der Waals surface area (Å²) in [6.45, 7) is 0.455. The standard InChI is InChI=1S/C22H23FN4O2/c23-20-7-8-27(26-20)16-3-4-18-13(9-16)12-28-22-19(18)5-6-21(25-22)29-17-10-14-1-2-15(11-17)24-14/h3-9,14-15,17,21,24-25H,1-2,10-12H2. The summed E-state index contributed by atoms with van der Waals surface area (Å²) in [6, 6.07) is 8.54. The van der Waals surface area contributed by atoms with Gasteiger partial charge in [-0.05, 0) is 61.1 Å². The third-order valence-corrected chi connectivity index (χ3v) is 6.30. The molecule has 4 aliphatic heterocycles. The zero-order chi connectivity index (χ0) is 19.4. The van der Waals surface area contributed by atoms with Gasteiger partial charge in [0.1, 0.15) is 12.8 Å². The van der Waals surface area contributed by atoms with E-state index >= 15 is 0 Å². The van der Waals surface area contributed by atoms with Crippen LogP contribution in [0.3, 0.4) is 0 Å². The largest absolute Gasteiger partial charge is 0.474 e. The molecule has 4 aliphatic rings. The molecule has 2 saturated heterocycles. The molecule has 0 spiro atoms. The molecule has 2 bridgehead atoms. The Morgan fingerprint density at radius 1 is 1.17 bits per heavy atom. The number of dihydropyridines is 1. The Bertz CT molecular complexity index is 1000. The number of rotatable bonds is 3. The third kappa shape index (κ3) is 3.14. The van der Waals surface area contributed by atoms with Gasteiger partial charge in [-0.1, -0.05) is 6.07 Å². The second-order valence-electron chi connectivity index (χ2n) is 8.25. The summed E-state index contributed by atoms with van der Waals surface area (Å²) in [5, 5.41) is 10.9. The van der Waals surface area contributed by atoms with Crippen LogP contribution in [-0.2, 0) is 16.1 Å². The molecule has 2 N–H and O–H groups in total. The first kappa shape index (κ1) is 17.2. The molecule has 150 valence electrons. The maximum absolute atomic E-state index is 13.2. The van der Waals surface area contributed by atoms with Gasteiger partial charge in [-0.3, -0.25) is 0 Å². The highest BCUT2D eigenvalue weighted by molar-refractivity contribution is 5.80. The van der Waals surface area contributed by atoms with Crippen LogP contribution >= 0.6 is 0 Å². The van der Waals surface area contributed by atoms with Gasteiger partial charge in [0.2, 0.25) is 5.95 Å². The molecule has 5 heterocycles. The molecule has 2 aromatic rings. The molecule has 0 aliphatic carbocycles. The van der Waals surface area contributed by atoms with Crippen LogP contribution in [-0.4, -0.2) is 34.2 Å². The third-order valence-electron chi connectivity index (χ3n) is 6.30. The van der Waals surface area contributed by atoms with Crippen LogP contribution in [0, 0.1) is 5.95 Å². The molecule has 3 atom stereocenters. The van der Waals surface area contributed by atoms with Crippen molar-refractivity contribution < 1.29 is 13.9 Å². The summed E-state index contributed by atoms with van der Waals surface area (Å²) in [5.41, 5.74) is 4.01. The Balaban J connectivity index is 1.19. The fraction of sp³-hybridized carbons (Fsp3) is 0.409. The Morgan fingerprint density at radius 2 is 2.03 bits per heavy atom. The second kappa shape index (κ2) is 6.71. The van der Waals surface area contributed by atoms with Crippen LogP contribution in [0.5, 0.6) is 0 Å². The first-order valence-electron chi connectivity index (χ1n) is 10.3. The highest BCUT2D eigenvalue weighted by Crippen LogP contribution is 2.34. The lowest BCUT2D eigenvalue weighted by atomic mass is 9.96. The molecule has 0 radical (unpaired) electrons. The highest BCUT2D eigenvalue weighted by atomic mass is 19.1. The summed E-state index contributed by atoms with van der Waals surface area (Å²) in [6.07, 6.45) is 10.6. The number of nitrogens with zero attached hydrogens (tertiary/aromatic N) is 2. The molecule has 3 unspecified atom stereocenters. The van der Waals surface area contributed by atoms with Gasteiger partial charge >= 0.3 is 0 Å². The van der Waals surface area contributed by atoms with E-state index in [0.29, 0.717) is 18.7 Å². The molecular weight excluding hydrogens is 371 g/mol. The smallest absolute Gasteiger partial charge is 0.233 e. The molecule has 0 saturated carbocycles. The lowest BCUT2D eigenvalue weighted by molar-refractivity contribution is -0.0329. The van der Waals surface area contributed by atoms with E-state index < -0.39 is 5.95 Å². The van der Waals surface area contributed by atoms with Crippen LogP contribution in [0.15, 0.2) is 48.5 Å². The van der Waals surface area contributed by atoms with Gasteiger partial charge in [0.15, 0.2) is 5.88 Å². The molecule has 29 heavy (non-hydrogen) atoms. The summed E-state index contributed by atoms with van der Waals surface area (Å²) < 4.78 is 27.1. The van der Waals surface area contributed by atoms with Gasteiger partial charge in [-0.25, -0.2) is 4.68 Å². The van der Waals surface area contributed by atoms with E-state index in [1.165, 1.54) is 23.6 Å². The first-order valence-corrected chi connectivity index (χ1v) is 10.3. The number of piperidine rings is 1. The van der Waals surface area contributed by atoms with Crippen LogP contribution in [0.2, 0.25) is 0 Å². The average molecular weight is 394 g/mol. The molecule has 7 heteroatoms. The van der Waals surface area contributed by atoms with Crippen molar-refractivity contribution in [2.75, 3.05) is 0 Å². The monoisotopic (exact) mass is 394 g/mol. The van der Waals surface area contributed by atoms with E-state index in [2.05, 4.69) is 27.9 Å². The van der Waals surface area contributed by atoms with Crippen molar-refractivity contribution in [3.05, 3.63) is 65.6 Å². The molecular formula is C22H23FN4O2. The number of nitrogens with one attached hydrogen (secondary N) is 2. The predicted octanol–water partition coefficient (Wildman–Crippen LogP) is 3.00. The number of halogens is 1. The number of aromatic nitrogens is 2. The van der Waals surface area contributed by atoms with Crippen LogP contribution in [0.25, 0.3) is 11.3 Å². The first-order chi connectivity index (χ1) is 14.2. The second-order valence-corrected chi connectivity index (χ2v) is 8.25. The maximum atomic E-state index is 13.2. The molecule has 0 amide bonds. The summed E-state index contributed by atoms with van der Waals surface area (Å²) >= 11 is 0. The molecule has 2 fully saturated rings. The van der Waals surface area contributed by atoms with E-state index in [1.807, 2.05) is 18.2 Å². The number of allylic oxidation sites excluding steroid dienone is 2. The average Bonchev–Trinajstić information content (AvgIpc) is 3.32. The Hall–Kier alpha value is -2.64. The van der Waals surface area contributed by atoms with E-state index in [1.54, 1.807) is 6.20 Å². The highest BCUT2D eigenvalue weighted by Gasteiger charge is 2.35. The number of hydrogen-bond acceptors (Lipinski definition) is 5. The summed E-state index contributed by atoms with van der Waals surface area (Å²) in [5.74, 6) is 0.274. The van der Waals surface area contributed by atoms with Crippen LogP contribution in [0.1, 0.15) is 36.8 Å². The van der Waals surface area contributed by atoms with Crippen LogP contribution in [0.4, 0.5) is 4.39 Å². The van der Waals surface area contributed by atoms with Crippen molar-refractivity contribution in [2.24, 2.45) is 0 Å². The zero-order valence-electron chi connectivity index (χ0n) is 16.0. The summed E-state index contributed by atoms with van der Waals surface area (Å²) in [7, 11) is 0. The van der Waals surface area contributed by atoms with Crippen molar-refractivity contribution in [2.45, 2.75) is 56.7 Å². The Labute approximate surface area is 168 Å². The van der Waals surface area contributed by atoms with E-state index in [9.17, 15) is 4.39 Å². The topological polar surface area (TPSA) is 60.3 Å². The van der Waals surface area contributed by atoms with E-state index in [4.69, 9.17) is 9.47 Å². The Kier molecular flexibility index (Phi) is 3.99. The van der Waals surface area contributed by atoms with Gasteiger partial charge in [0.05, 0.1) is 11.8 Å². The minimum Gasteiger partial charge on any atom is -0.474 e. The number of hydrogen-bond donors (Lipinski definition) is 2. The van der Waals surface area contributed by atoms with Crippen molar-refractivity contribution in [3.63, 3.8) is 0 Å². The summed E-state index contributed by atoms with van der Waals surface area (Å²) in [4.78, 5) is 0. The van der Waals surface area contributed by atoms with Gasteiger partial charge in [-0.2, -0.15) is 4.39 Å². The van der Waals surface area contributed by atoms with Gasteiger partial charge in [-0.15, -0.1) is 5.10 Å². The predicted molar refractivity (Wildman–Crippen MR) is 105 cm³/mol. The maximum Gasteiger partial charge on any atom is 0.233 e. The number of ether oxygens (including phenoxy) is 2. The SMILES string of the molecule is Fc1ccn(-c2ccc3c(c2)COC2=C3C=CC(OC3CC4CCC(C3)N4)N2)n1. The number of benzene rings is 1. The zero-order valence-corrected chi connectivity index (χ0v) is 16.0.